The van der Waals surface area contributed by atoms with E-state index in [-0.39, 0.29) is 5.41 Å². The molecule has 2 nitrogen and oxygen atoms in total. The molecule has 0 N–H and O–H groups in total. The highest BCUT2D eigenvalue weighted by atomic mass is 15.2. The molecule has 0 fully saturated rings. The average molecular weight is 729 g/mol. The second kappa shape index (κ2) is 13.0. The van der Waals surface area contributed by atoms with Crippen LogP contribution in [0.15, 0.2) is 206 Å². The molecule has 0 saturated carbocycles. The van der Waals surface area contributed by atoms with Crippen LogP contribution in [0.2, 0.25) is 0 Å². The number of hydrogen-bond donors (Lipinski definition) is 0. The topological polar surface area (TPSA) is 6.48 Å². The molecule has 2 heteroatoms. The molecule has 0 saturated heterocycles. The van der Waals surface area contributed by atoms with Gasteiger partial charge in [-0.25, -0.2) is 0 Å². The lowest BCUT2D eigenvalue weighted by Crippen LogP contribution is -2.31. The van der Waals surface area contributed by atoms with Crippen molar-refractivity contribution in [2.75, 3.05) is 9.80 Å². The van der Waals surface area contributed by atoms with Gasteiger partial charge in [-0.2, -0.15) is 0 Å². The summed E-state index contributed by atoms with van der Waals surface area (Å²) < 4.78 is 0. The van der Waals surface area contributed by atoms with Crippen molar-refractivity contribution in [3.8, 4) is 11.1 Å². The molecule has 11 rings (SSSR count). The molecular formula is C55H40N2. The van der Waals surface area contributed by atoms with Gasteiger partial charge >= 0.3 is 0 Å². The van der Waals surface area contributed by atoms with E-state index in [2.05, 4.69) is 230 Å². The van der Waals surface area contributed by atoms with Crippen molar-refractivity contribution >= 4 is 77.2 Å². The number of fused-ring (bicyclic) bond motifs is 7. The fourth-order valence-electron chi connectivity index (χ4n) is 9.45. The van der Waals surface area contributed by atoms with Gasteiger partial charge in [0, 0.05) is 21.9 Å². The van der Waals surface area contributed by atoms with Gasteiger partial charge in [-0.15, -0.1) is 0 Å². The Morgan fingerprint density at radius 2 is 0.982 bits per heavy atom. The molecule has 0 unspecified atom stereocenters. The standard InChI is InChI=1S/C55H40N2/c1-55(2)48-28-14-15-29-51(48)57(52-33-32-40(36-49(52)55)47-35-39-19-8-9-23-42(39)45-26-12-13-27-46(45)47)54-44-25-11-7-18-38(44)31-34-53(54)56(41-21-4-3-5-22-41)50-30-16-20-37-17-6-10-24-43(37)50/h3-36H,1-2H3. The first-order valence-electron chi connectivity index (χ1n) is 19.9. The van der Waals surface area contributed by atoms with Crippen molar-refractivity contribution in [3.63, 3.8) is 0 Å². The van der Waals surface area contributed by atoms with Gasteiger partial charge in [0.05, 0.1) is 28.4 Å². The van der Waals surface area contributed by atoms with Crippen LogP contribution >= 0.6 is 0 Å². The number of hydrogen-bond acceptors (Lipinski definition) is 2. The van der Waals surface area contributed by atoms with Crippen LogP contribution in [0.5, 0.6) is 0 Å². The molecule has 0 atom stereocenters. The van der Waals surface area contributed by atoms with Crippen LogP contribution in [0.25, 0.3) is 54.2 Å². The lowest BCUT2D eigenvalue weighted by atomic mass is 9.72. The first-order valence-corrected chi connectivity index (χ1v) is 19.9. The smallest absolute Gasteiger partial charge is 0.0781 e. The van der Waals surface area contributed by atoms with Crippen LogP contribution in [0.3, 0.4) is 0 Å². The number of nitrogens with zero attached hydrogens (tertiary/aromatic N) is 2. The van der Waals surface area contributed by atoms with Gasteiger partial charge in [-0.3, -0.25) is 0 Å². The summed E-state index contributed by atoms with van der Waals surface area (Å²) in [5, 5.41) is 9.90. The molecule has 1 aliphatic rings. The predicted molar refractivity (Wildman–Crippen MR) is 243 cm³/mol. The maximum Gasteiger partial charge on any atom is 0.0781 e. The SMILES string of the molecule is CC1(C)c2ccccc2N(c2c(N(c3ccccc3)c3cccc4ccccc34)ccc3ccccc23)c2ccc(-c3cc4ccccc4c4ccccc34)cc21. The molecule has 0 aliphatic carbocycles. The Kier molecular flexibility index (Phi) is 7.55. The predicted octanol–water partition coefficient (Wildman–Crippen LogP) is 15.5. The minimum absolute atomic E-state index is 0.273. The van der Waals surface area contributed by atoms with Crippen molar-refractivity contribution in [3.05, 3.63) is 217 Å². The number of para-hydroxylation sites is 2. The van der Waals surface area contributed by atoms with E-state index in [1.54, 1.807) is 0 Å². The van der Waals surface area contributed by atoms with Gasteiger partial charge in [-0.1, -0.05) is 172 Å². The van der Waals surface area contributed by atoms with Gasteiger partial charge < -0.3 is 9.80 Å². The highest BCUT2D eigenvalue weighted by molar-refractivity contribution is 6.14. The zero-order valence-electron chi connectivity index (χ0n) is 32.0. The minimum atomic E-state index is -0.273. The first-order chi connectivity index (χ1) is 28.1. The molecular weight excluding hydrogens is 689 g/mol. The van der Waals surface area contributed by atoms with Crippen molar-refractivity contribution in [2.45, 2.75) is 19.3 Å². The molecule has 10 aromatic carbocycles. The third kappa shape index (κ3) is 5.18. The van der Waals surface area contributed by atoms with Gasteiger partial charge in [0.2, 0.25) is 0 Å². The molecule has 0 spiro atoms. The number of anilines is 6. The van der Waals surface area contributed by atoms with Crippen LogP contribution < -0.4 is 9.80 Å². The Morgan fingerprint density at radius 1 is 0.386 bits per heavy atom. The van der Waals surface area contributed by atoms with Gasteiger partial charge in [0.15, 0.2) is 0 Å². The molecule has 0 amide bonds. The summed E-state index contributed by atoms with van der Waals surface area (Å²) in [6, 6.07) is 75.9. The molecule has 0 aromatic heterocycles. The van der Waals surface area contributed by atoms with E-state index in [9.17, 15) is 0 Å². The maximum atomic E-state index is 2.55. The number of benzene rings is 10. The summed E-state index contributed by atoms with van der Waals surface area (Å²) in [5.41, 5.74) is 11.7. The fourth-order valence-corrected chi connectivity index (χ4v) is 9.45. The first kappa shape index (κ1) is 33.2. The quantitative estimate of drug-likeness (QED) is 0.163. The highest BCUT2D eigenvalue weighted by Gasteiger charge is 2.39. The summed E-state index contributed by atoms with van der Waals surface area (Å²) in [6.45, 7) is 4.78. The van der Waals surface area contributed by atoms with Crippen molar-refractivity contribution in [2.24, 2.45) is 0 Å². The van der Waals surface area contributed by atoms with E-state index in [4.69, 9.17) is 0 Å². The average Bonchev–Trinajstić information content (AvgIpc) is 3.27. The van der Waals surface area contributed by atoms with Crippen LogP contribution in [0.4, 0.5) is 34.1 Å². The van der Waals surface area contributed by atoms with E-state index >= 15 is 0 Å². The van der Waals surface area contributed by atoms with Gasteiger partial charge in [-0.05, 0) is 103 Å². The van der Waals surface area contributed by atoms with E-state index in [0.717, 1.165) is 22.7 Å². The summed E-state index contributed by atoms with van der Waals surface area (Å²) in [4.78, 5) is 5.01. The minimum Gasteiger partial charge on any atom is -0.308 e. The van der Waals surface area contributed by atoms with E-state index in [1.807, 2.05) is 0 Å². The highest BCUT2D eigenvalue weighted by Crippen LogP contribution is 2.57. The zero-order valence-corrected chi connectivity index (χ0v) is 32.0. The van der Waals surface area contributed by atoms with Crippen molar-refractivity contribution in [1.29, 1.82) is 0 Å². The third-order valence-electron chi connectivity index (χ3n) is 12.2. The normalized spacial score (nSPS) is 13.2. The van der Waals surface area contributed by atoms with Crippen LogP contribution in [-0.2, 0) is 5.41 Å². The molecule has 270 valence electrons. The Labute approximate surface area is 333 Å². The summed E-state index contributed by atoms with van der Waals surface area (Å²) in [5.74, 6) is 0. The second-order valence-corrected chi connectivity index (χ2v) is 15.7. The van der Waals surface area contributed by atoms with Crippen molar-refractivity contribution in [1.82, 2.24) is 0 Å². The van der Waals surface area contributed by atoms with Crippen LogP contribution in [0.1, 0.15) is 25.0 Å². The van der Waals surface area contributed by atoms with E-state index in [1.165, 1.54) is 76.7 Å². The van der Waals surface area contributed by atoms with Crippen molar-refractivity contribution < 1.29 is 0 Å². The lowest BCUT2D eigenvalue weighted by Gasteiger charge is -2.44. The fraction of sp³-hybridized carbons (Fsp3) is 0.0545. The second-order valence-electron chi connectivity index (χ2n) is 15.7. The maximum absolute atomic E-state index is 2.55. The zero-order chi connectivity index (χ0) is 38.1. The van der Waals surface area contributed by atoms with Crippen LogP contribution in [0, 0.1) is 0 Å². The lowest BCUT2D eigenvalue weighted by molar-refractivity contribution is 0.632. The van der Waals surface area contributed by atoms with E-state index in [0.29, 0.717) is 0 Å². The molecule has 10 aromatic rings. The molecule has 0 bridgehead atoms. The summed E-state index contributed by atoms with van der Waals surface area (Å²) in [7, 11) is 0. The van der Waals surface area contributed by atoms with Crippen LogP contribution in [-0.4, -0.2) is 0 Å². The Hall–Kier alpha value is -7.16. The van der Waals surface area contributed by atoms with E-state index < -0.39 is 0 Å². The molecule has 1 aliphatic heterocycles. The third-order valence-corrected chi connectivity index (χ3v) is 12.2. The van der Waals surface area contributed by atoms with Gasteiger partial charge in [0.25, 0.3) is 0 Å². The molecule has 0 radical (unpaired) electrons. The Morgan fingerprint density at radius 3 is 1.79 bits per heavy atom. The molecule has 57 heavy (non-hydrogen) atoms. The largest absolute Gasteiger partial charge is 0.308 e. The Bertz CT molecular complexity index is 3170. The molecule has 1 heterocycles. The monoisotopic (exact) mass is 728 g/mol. The Balaban J connectivity index is 1.22. The number of rotatable bonds is 5. The van der Waals surface area contributed by atoms with Gasteiger partial charge in [0.1, 0.15) is 0 Å². The summed E-state index contributed by atoms with van der Waals surface area (Å²) >= 11 is 0. The summed E-state index contributed by atoms with van der Waals surface area (Å²) in [6.07, 6.45) is 0.